The molecule has 5 unspecified atom stereocenters. The third kappa shape index (κ3) is 31.8. The van der Waals surface area contributed by atoms with Gasteiger partial charge in [0, 0.05) is 11.5 Å². The first-order valence-electron chi connectivity index (χ1n) is 10.6. The minimum absolute atomic E-state index is 0.229. The van der Waals surface area contributed by atoms with Crippen LogP contribution in [0.5, 0.6) is 0 Å². The topological polar surface area (TPSA) is 383 Å². The molecule has 226 valence electrons. The van der Waals surface area contributed by atoms with Gasteiger partial charge in [0.25, 0.3) is 0 Å². The molecule has 0 aromatic carbocycles. The van der Waals surface area contributed by atoms with Gasteiger partial charge < -0.3 is 70.1 Å². The number of aliphatic hydroxyl groups is 2. The molecule has 0 aromatic heterocycles. The van der Waals surface area contributed by atoms with Crippen LogP contribution in [-0.4, -0.2) is 127 Å². The fourth-order valence-corrected chi connectivity index (χ4v) is 3.40. The van der Waals surface area contributed by atoms with Gasteiger partial charge in [-0.1, -0.05) is 28.0 Å². The number of aliphatic hydroxyl groups excluding tert-OH is 2. The molecule has 0 bridgehead atoms. The Morgan fingerprint density at radius 3 is 1.00 bits per heavy atom. The van der Waals surface area contributed by atoms with Crippen molar-refractivity contribution < 1.29 is 59.7 Å². The molecule has 0 spiro atoms. The minimum atomic E-state index is -1.18. The zero-order valence-electron chi connectivity index (χ0n) is 20.5. The van der Waals surface area contributed by atoms with Crippen LogP contribution in [0.1, 0.15) is 19.3 Å². The van der Waals surface area contributed by atoms with Crippen LogP contribution in [-0.2, 0) is 24.0 Å². The van der Waals surface area contributed by atoms with E-state index in [1.807, 2.05) is 0 Å². The molecule has 0 aromatic rings. The van der Waals surface area contributed by atoms with E-state index in [1.165, 1.54) is 21.6 Å². The number of unbranched alkanes of at least 4 members (excludes halogenated alkanes) is 1. The summed E-state index contributed by atoms with van der Waals surface area (Å²) in [7, 11) is 2.41. The lowest BCUT2D eigenvalue weighted by Crippen LogP contribution is -2.33. The fourth-order valence-electron chi connectivity index (χ4n) is 1.17. The van der Waals surface area contributed by atoms with E-state index >= 15 is 0 Å². The van der Waals surface area contributed by atoms with E-state index in [-0.39, 0.29) is 11.5 Å². The Morgan fingerprint density at radius 1 is 0.526 bits per heavy atom. The molecule has 18 nitrogen and oxygen atoms in total. The van der Waals surface area contributed by atoms with Crippen LogP contribution in [0.15, 0.2) is 0 Å². The molecule has 38 heavy (non-hydrogen) atoms. The summed E-state index contributed by atoms with van der Waals surface area (Å²) in [5, 5.41) is 56.9. The van der Waals surface area contributed by atoms with E-state index < -0.39 is 73.3 Å². The van der Waals surface area contributed by atoms with Gasteiger partial charge in [0.15, 0.2) is 0 Å². The van der Waals surface area contributed by atoms with Gasteiger partial charge in [-0.05, 0) is 19.4 Å². The van der Waals surface area contributed by atoms with Gasteiger partial charge in [0.2, 0.25) is 0 Å². The third-order valence-corrected chi connectivity index (χ3v) is 6.00. The van der Waals surface area contributed by atoms with E-state index in [1.54, 1.807) is 0 Å². The van der Waals surface area contributed by atoms with Gasteiger partial charge in [-0.15, -0.1) is 0 Å². The van der Waals surface area contributed by atoms with Gasteiger partial charge in [0.1, 0.15) is 30.2 Å². The molecule has 5 atom stereocenters. The van der Waals surface area contributed by atoms with Crippen molar-refractivity contribution >= 4 is 51.4 Å². The third-order valence-electron chi connectivity index (χ3n) is 3.53. The van der Waals surface area contributed by atoms with Crippen molar-refractivity contribution in [3.05, 3.63) is 0 Å². The zero-order valence-corrected chi connectivity index (χ0v) is 22.1. The first kappa shape index (κ1) is 42.8. The molecule has 0 aliphatic rings. The van der Waals surface area contributed by atoms with Crippen molar-refractivity contribution in [2.45, 2.75) is 49.5 Å². The monoisotopic (exact) mass is 596 g/mol. The van der Waals surface area contributed by atoms with Crippen LogP contribution < -0.4 is 34.4 Å². The van der Waals surface area contributed by atoms with Crippen molar-refractivity contribution in [2.75, 3.05) is 31.3 Å². The summed E-state index contributed by atoms with van der Waals surface area (Å²) in [4.78, 5) is 50.0. The molecule has 0 rings (SSSR count). The molecule has 0 amide bonds. The maximum atomic E-state index is 10.3. The van der Waals surface area contributed by atoms with E-state index in [0.717, 1.165) is 12.8 Å². The van der Waals surface area contributed by atoms with E-state index in [4.69, 9.17) is 70.1 Å². The predicted molar refractivity (Wildman–Crippen MR) is 140 cm³/mol. The first-order valence-corrected chi connectivity index (χ1v) is 13.1. The quantitative estimate of drug-likeness (QED) is 0.0589. The molecule has 0 aliphatic heterocycles. The van der Waals surface area contributed by atoms with E-state index in [0.29, 0.717) is 13.0 Å². The Morgan fingerprint density at radius 2 is 0.816 bits per heavy atom. The highest BCUT2D eigenvalue weighted by Crippen LogP contribution is 2.22. The van der Waals surface area contributed by atoms with Crippen LogP contribution in [0.4, 0.5) is 0 Å². The Labute approximate surface area is 226 Å². The Bertz CT molecular complexity index is 638. The second-order valence-corrected chi connectivity index (χ2v) is 9.49. The van der Waals surface area contributed by atoms with Gasteiger partial charge in [-0.2, -0.15) is 0 Å². The van der Waals surface area contributed by atoms with E-state index in [2.05, 4.69) is 0 Å². The van der Waals surface area contributed by atoms with Crippen LogP contribution in [0.25, 0.3) is 0 Å². The standard InChI is InChI=1S/C6H12N2O4S2.C6H14N2O2.2C3H7NO3/c7-3(5(9)10)1-13-14-2-4(8)6(11)12;7-4-2-1-3-5(8)6(9)10;2*4-2(1-5)3(6)7/h3-4H,1-2,7-8H2,(H,9,10)(H,11,12);5H,1-4,7-8H2,(H,9,10);2*2,5H,1,4H2,(H,6,7). The lowest BCUT2D eigenvalue weighted by atomic mass is 10.1. The minimum Gasteiger partial charge on any atom is -0.480 e. The Hall–Kier alpha value is -2.27. The van der Waals surface area contributed by atoms with Crippen molar-refractivity contribution in [3.8, 4) is 0 Å². The Balaban J connectivity index is -0.000000213. The summed E-state index contributed by atoms with van der Waals surface area (Å²) in [6.07, 6.45) is 2.16. The summed E-state index contributed by atoms with van der Waals surface area (Å²) in [5.74, 6) is -4.97. The largest absolute Gasteiger partial charge is 0.480 e. The summed E-state index contributed by atoms with van der Waals surface area (Å²) >= 11 is 0. The van der Waals surface area contributed by atoms with Gasteiger partial charge in [-0.3, -0.25) is 24.0 Å². The summed E-state index contributed by atoms with van der Waals surface area (Å²) < 4.78 is 0. The highest BCUT2D eigenvalue weighted by Gasteiger charge is 2.14. The number of carbonyl (C=O) groups is 5. The number of carboxylic acid groups (broad SMARTS) is 5. The first-order chi connectivity index (χ1) is 17.5. The average molecular weight is 597 g/mol. The summed E-state index contributed by atoms with van der Waals surface area (Å²) in [6, 6.07) is -4.81. The highest BCUT2D eigenvalue weighted by atomic mass is 33.1. The van der Waals surface area contributed by atoms with Crippen molar-refractivity contribution in [3.63, 3.8) is 0 Å². The second kappa shape index (κ2) is 27.8. The number of carboxylic acids is 5. The summed E-state index contributed by atoms with van der Waals surface area (Å²) in [6.45, 7) is -0.406. The Kier molecular flexibility index (Phi) is 31.3. The molecular formula is C18H40N6O12S2. The molecule has 0 fully saturated rings. The van der Waals surface area contributed by atoms with Crippen LogP contribution in [0, 0.1) is 0 Å². The lowest BCUT2D eigenvalue weighted by molar-refractivity contribution is -0.140. The molecule has 0 heterocycles. The molecule has 0 saturated heterocycles. The lowest BCUT2D eigenvalue weighted by Gasteiger charge is -2.07. The normalized spacial score (nSPS) is 13.8. The number of aliphatic carboxylic acids is 5. The predicted octanol–water partition coefficient (Wildman–Crippen LogP) is -4.50. The molecule has 0 aliphatic carbocycles. The van der Waals surface area contributed by atoms with Gasteiger partial charge in [-0.25, -0.2) is 0 Å². The van der Waals surface area contributed by atoms with Gasteiger partial charge in [0.05, 0.1) is 13.2 Å². The van der Waals surface area contributed by atoms with Crippen molar-refractivity contribution in [1.29, 1.82) is 0 Å². The van der Waals surface area contributed by atoms with Crippen molar-refractivity contribution in [2.24, 2.45) is 34.4 Å². The van der Waals surface area contributed by atoms with E-state index in [9.17, 15) is 24.0 Å². The van der Waals surface area contributed by atoms with Crippen LogP contribution in [0.3, 0.4) is 0 Å². The molecule has 0 radical (unpaired) electrons. The number of hydrogen-bond acceptors (Lipinski definition) is 15. The fraction of sp³-hybridized carbons (Fsp3) is 0.722. The number of hydrogen-bond donors (Lipinski definition) is 13. The molecule has 20 heteroatoms. The number of nitrogens with two attached hydrogens (primary N) is 6. The maximum absolute atomic E-state index is 10.3. The van der Waals surface area contributed by atoms with Crippen molar-refractivity contribution in [1.82, 2.24) is 0 Å². The smallest absolute Gasteiger partial charge is 0.322 e. The summed E-state index contributed by atoms with van der Waals surface area (Å²) in [5.41, 5.74) is 30.4. The highest BCUT2D eigenvalue weighted by molar-refractivity contribution is 8.76. The van der Waals surface area contributed by atoms with Crippen LogP contribution >= 0.6 is 21.6 Å². The van der Waals surface area contributed by atoms with Crippen LogP contribution in [0.2, 0.25) is 0 Å². The number of rotatable bonds is 16. The average Bonchev–Trinajstić information content (AvgIpc) is 2.85. The zero-order chi connectivity index (χ0) is 30.8. The molecule has 19 N–H and O–H groups in total. The SMILES string of the molecule is NC(CO)C(=O)O.NC(CO)C(=O)O.NC(CSSCC(N)C(=O)O)C(=O)O.NCCCCC(N)C(=O)O. The molecular weight excluding hydrogens is 556 g/mol. The molecule has 0 saturated carbocycles. The maximum Gasteiger partial charge on any atom is 0.322 e. The second-order valence-electron chi connectivity index (χ2n) is 6.94. The van der Waals surface area contributed by atoms with Gasteiger partial charge >= 0.3 is 29.8 Å².